The Morgan fingerprint density at radius 3 is 2.38 bits per heavy atom. The third-order valence-electron chi connectivity index (χ3n) is 4.81. The molecule has 4 rings (SSSR count). The zero-order valence-electron chi connectivity index (χ0n) is 15.3. The second-order valence-corrected chi connectivity index (χ2v) is 6.98. The van der Waals surface area contributed by atoms with E-state index in [-0.39, 0.29) is 5.82 Å². The summed E-state index contributed by atoms with van der Waals surface area (Å²) in [6.07, 6.45) is 0. The van der Waals surface area contributed by atoms with Crippen molar-refractivity contribution in [2.24, 2.45) is 0 Å². The largest absolute Gasteiger partial charge is 0.353 e. The van der Waals surface area contributed by atoms with Gasteiger partial charge in [-0.1, -0.05) is 0 Å². The molecule has 0 radical (unpaired) electrons. The van der Waals surface area contributed by atoms with Gasteiger partial charge in [0, 0.05) is 46.0 Å². The highest BCUT2D eigenvalue weighted by Crippen LogP contribution is 2.31. The van der Waals surface area contributed by atoms with E-state index in [1.54, 1.807) is 12.1 Å². The normalized spacial score (nSPS) is 15.6. The molecule has 136 valence electrons. The van der Waals surface area contributed by atoms with Crippen LogP contribution in [-0.2, 0) is 0 Å². The fraction of sp³-hybridized carbons (Fsp3) is 0.368. The Labute approximate surface area is 152 Å². The van der Waals surface area contributed by atoms with E-state index < -0.39 is 0 Å². The first-order chi connectivity index (χ1) is 12.5. The van der Waals surface area contributed by atoms with Crippen LogP contribution < -0.4 is 9.80 Å². The molecule has 6 nitrogen and oxygen atoms in total. The Kier molecular flexibility index (Phi) is 4.24. The van der Waals surface area contributed by atoms with Gasteiger partial charge in [-0.2, -0.15) is 9.97 Å². The van der Waals surface area contributed by atoms with Crippen molar-refractivity contribution in [2.75, 3.05) is 57.1 Å². The van der Waals surface area contributed by atoms with E-state index >= 15 is 0 Å². The highest BCUT2D eigenvalue weighted by Gasteiger charge is 2.21. The number of H-pyrrole nitrogens is 1. The van der Waals surface area contributed by atoms with Crippen LogP contribution in [0, 0.1) is 5.82 Å². The molecule has 1 aromatic carbocycles. The van der Waals surface area contributed by atoms with Crippen LogP contribution in [0.4, 0.5) is 16.2 Å². The number of hydrogen-bond donors (Lipinski definition) is 1. The van der Waals surface area contributed by atoms with E-state index in [0.29, 0.717) is 5.95 Å². The van der Waals surface area contributed by atoms with Gasteiger partial charge in [0.1, 0.15) is 17.3 Å². The molecule has 2 aromatic heterocycles. The van der Waals surface area contributed by atoms with Gasteiger partial charge >= 0.3 is 0 Å². The molecule has 3 heterocycles. The number of piperazine rings is 1. The summed E-state index contributed by atoms with van der Waals surface area (Å²) >= 11 is 0. The van der Waals surface area contributed by atoms with Crippen molar-refractivity contribution in [2.45, 2.75) is 0 Å². The Hall–Kier alpha value is -2.67. The summed E-state index contributed by atoms with van der Waals surface area (Å²) < 4.78 is 13.2. The van der Waals surface area contributed by atoms with Gasteiger partial charge in [0.05, 0.1) is 5.39 Å². The zero-order chi connectivity index (χ0) is 18.3. The van der Waals surface area contributed by atoms with Gasteiger partial charge < -0.3 is 19.7 Å². The smallest absolute Gasteiger partial charge is 0.228 e. The lowest BCUT2D eigenvalue weighted by Crippen LogP contribution is -2.45. The third kappa shape index (κ3) is 3.10. The highest BCUT2D eigenvalue weighted by atomic mass is 19.1. The van der Waals surface area contributed by atoms with Crippen molar-refractivity contribution >= 4 is 22.8 Å². The van der Waals surface area contributed by atoms with E-state index in [1.807, 2.05) is 19.0 Å². The van der Waals surface area contributed by atoms with Gasteiger partial charge in [-0.25, -0.2) is 4.39 Å². The minimum absolute atomic E-state index is 0.238. The Balaban J connectivity index is 1.82. The van der Waals surface area contributed by atoms with Crippen molar-refractivity contribution in [1.29, 1.82) is 0 Å². The van der Waals surface area contributed by atoms with Gasteiger partial charge in [-0.15, -0.1) is 0 Å². The topological polar surface area (TPSA) is 51.3 Å². The predicted octanol–water partition coefficient (Wildman–Crippen LogP) is 2.58. The van der Waals surface area contributed by atoms with Crippen molar-refractivity contribution in [3.8, 4) is 11.3 Å². The van der Waals surface area contributed by atoms with Gasteiger partial charge in [0.15, 0.2) is 0 Å². The monoisotopic (exact) mass is 354 g/mol. The number of halogens is 1. The van der Waals surface area contributed by atoms with E-state index in [1.165, 1.54) is 12.1 Å². The van der Waals surface area contributed by atoms with E-state index in [2.05, 4.69) is 32.9 Å². The molecule has 26 heavy (non-hydrogen) atoms. The van der Waals surface area contributed by atoms with Crippen molar-refractivity contribution in [1.82, 2.24) is 19.9 Å². The summed E-state index contributed by atoms with van der Waals surface area (Å²) in [5.74, 6) is 1.40. The van der Waals surface area contributed by atoms with E-state index in [0.717, 1.165) is 54.3 Å². The fourth-order valence-electron chi connectivity index (χ4n) is 3.23. The molecular weight excluding hydrogens is 331 g/mol. The first-order valence-corrected chi connectivity index (χ1v) is 8.79. The number of benzene rings is 1. The van der Waals surface area contributed by atoms with Crippen molar-refractivity contribution < 1.29 is 4.39 Å². The van der Waals surface area contributed by atoms with Crippen LogP contribution in [0.15, 0.2) is 30.3 Å². The average Bonchev–Trinajstić information content (AvgIpc) is 3.06. The second-order valence-electron chi connectivity index (χ2n) is 6.98. The summed E-state index contributed by atoms with van der Waals surface area (Å²) in [6.45, 7) is 3.90. The molecule has 0 unspecified atom stereocenters. The first kappa shape index (κ1) is 16.8. The lowest BCUT2D eigenvalue weighted by Gasteiger charge is -2.33. The Morgan fingerprint density at radius 2 is 1.73 bits per heavy atom. The molecule has 1 saturated heterocycles. The molecule has 1 fully saturated rings. The number of rotatable bonds is 3. The minimum Gasteiger partial charge on any atom is -0.353 e. The van der Waals surface area contributed by atoms with Crippen LogP contribution in [0.3, 0.4) is 0 Å². The molecule has 7 heteroatoms. The number of fused-ring (bicyclic) bond motifs is 1. The van der Waals surface area contributed by atoms with Crippen LogP contribution in [0.5, 0.6) is 0 Å². The minimum atomic E-state index is -0.238. The molecular formula is C19H23FN6. The summed E-state index contributed by atoms with van der Waals surface area (Å²) in [5.41, 5.74) is 2.65. The van der Waals surface area contributed by atoms with E-state index in [9.17, 15) is 4.39 Å². The lowest BCUT2D eigenvalue weighted by atomic mass is 10.1. The van der Waals surface area contributed by atoms with Gasteiger partial charge in [0.2, 0.25) is 5.95 Å². The van der Waals surface area contributed by atoms with Gasteiger partial charge in [0.25, 0.3) is 0 Å². The van der Waals surface area contributed by atoms with Crippen LogP contribution in [0.25, 0.3) is 22.3 Å². The number of likely N-dealkylation sites (N-methyl/N-ethyl adjacent to an activating group) is 1. The third-order valence-corrected chi connectivity index (χ3v) is 4.81. The Bertz CT molecular complexity index is 910. The zero-order valence-corrected chi connectivity index (χ0v) is 15.3. The van der Waals surface area contributed by atoms with Gasteiger partial charge in [-0.3, -0.25) is 0 Å². The number of aromatic nitrogens is 3. The molecule has 1 aliphatic heterocycles. The maximum Gasteiger partial charge on any atom is 0.228 e. The number of anilines is 2. The Morgan fingerprint density at radius 1 is 1.04 bits per heavy atom. The van der Waals surface area contributed by atoms with E-state index in [4.69, 9.17) is 4.98 Å². The number of aromatic amines is 1. The maximum atomic E-state index is 13.2. The molecule has 0 bridgehead atoms. The van der Waals surface area contributed by atoms with Crippen molar-refractivity contribution in [3.63, 3.8) is 0 Å². The molecule has 3 aromatic rings. The molecule has 0 saturated carbocycles. The first-order valence-electron chi connectivity index (χ1n) is 8.79. The van der Waals surface area contributed by atoms with Crippen molar-refractivity contribution in [3.05, 3.63) is 36.1 Å². The molecule has 0 spiro atoms. The number of nitrogens with zero attached hydrogens (tertiary/aromatic N) is 5. The highest BCUT2D eigenvalue weighted by molar-refractivity contribution is 5.93. The molecule has 1 N–H and O–H groups in total. The quantitative estimate of drug-likeness (QED) is 0.783. The summed E-state index contributed by atoms with van der Waals surface area (Å²) in [5, 5.41) is 1.000. The van der Waals surface area contributed by atoms with Crippen LogP contribution >= 0.6 is 0 Å². The summed E-state index contributed by atoms with van der Waals surface area (Å²) in [4.78, 5) is 19.4. The molecule has 0 amide bonds. The van der Waals surface area contributed by atoms with Crippen LogP contribution in [-0.4, -0.2) is 67.2 Å². The second kappa shape index (κ2) is 6.57. The SMILES string of the molecule is CN1CCN(c2nc(N(C)C)nc3[nH]c(-c4ccc(F)cc4)cc23)CC1. The van der Waals surface area contributed by atoms with Crippen LogP contribution in [0.1, 0.15) is 0 Å². The number of hydrogen-bond acceptors (Lipinski definition) is 5. The maximum absolute atomic E-state index is 13.2. The molecule has 0 aliphatic carbocycles. The molecule has 1 aliphatic rings. The molecule has 0 atom stereocenters. The number of nitrogens with one attached hydrogen (secondary N) is 1. The standard InChI is InChI=1S/C19H23FN6/c1-24(2)19-22-17-15(18(23-19)26-10-8-25(3)9-11-26)12-16(21-17)13-4-6-14(20)7-5-13/h4-7,12H,8-11H2,1-3H3,(H,21,22,23). The summed E-state index contributed by atoms with van der Waals surface area (Å²) in [6, 6.07) is 8.56. The lowest BCUT2D eigenvalue weighted by molar-refractivity contribution is 0.312. The predicted molar refractivity (Wildman–Crippen MR) is 103 cm³/mol. The average molecular weight is 354 g/mol. The van der Waals surface area contributed by atoms with Gasteiger partial charge in [-0.05, 0) is 42.9 Å². The van der Waals surface area contributed by atoms with Crippen LogP contribution in [0.2, 0.25) is 0 Å². The fourth-order valence-corrected chi connectivity index (χ4v) is 3.23. The summed E-state index contributed by atoms with van der Waals surface area (Å²) in [7, 11) is 6.03.